The molecule has 1 N–H and O–H groups in total. The second-order valence-electron chi connectivity index (χ2n) is 19.4. The highest BCUT2D eigenvalue weighted by Gasteiger charge is 2.19. The molecule has 0 aliphatic carbocycles. The van der Waals surface area contributed by atoms with Crippen LogP contribution in [-0.2, 0) is 52.9 Å². The van der Waals surface area contributed by atoms with Crippen molar-refractivity contribution in [2.24, 2.45) is 0 Å². The molecule has 1 unspecified atom stereocenters. The molecule has 1 aliphatic rings. The minimum absolute atomic E-state index is 0.134. The highest BCUT2D eigenvalue weighted by molar-refractivity contribution is 5.70. The zero-order valence-electron chi connectivity index (χ0n) is 43.7. The summed E-state index contributed by atoms with van der Waals surface area (Å²) in [7, 11) is 0. The lowest BCUT2D eigenvalue weighted by Crippen LogP contribution is -2.35. The van der Waals surface area contributed by atoms with Gasteiger partial charge in [0.1, 0.15) is 19.3 Å². The Bertz CT molecular complexity index is 1320. The second-order valence-corrected chi connectivity index (χ2v) is 19.4. The average Bonchev–Trinajstić information content (AvgIpc) is 3.85. The highest BCUT2D eigenvalue weighted by atomic mass is 16.7. The van der Waals surface area contributed by atoms with E-state index in [1.807, 2.05) is 6.07 Å². The molecule has 1 aromatic rings. The number of amides is 1. The zero-order valence-corrected chi connectivity index (χ0v) is 43.7. The molecule has 0 saturated carbocycles. The first-order valence-electron chi connectivity index (χ1n) is 28.0. The monoisotopic (exact) mass is 942 g/mol. The van der Waals surface area contributed by atoms with Crippen molar-refractivity contribution in [3.63, 3.8) is 0 Å². The largest absolute Gasteiger partial charge is 0.461 e. The molecular formula is C57H101N2O8. The number of nitrogens with zero attached hydrogens (tertiary/aromatic N) is 1. The summed E-state index contributed by atoms with van der Waals surface area (Å²) in [6.45, 7) is 14.0. The molecule has 387 valence electrons. The molecule has 0 spiro atoms. The summed E-state index contributed by atoms with van der Waals surface area (Å²) in [6, 6.07) is 6.25. The van der Waals surface area contributed by atoms with Crippen LogP contribution in [0.4, 0.5) is 4.79 Å². The maximum atomic E-state index is 13.2. The highest BCUT2D eigenvalue weighted by Crippen LogP contribution is 2.20. The molecule has 67 heavy (non-hydrogen) atoms. The molecule has 1 aliphatic heterocycles. The standard InChI is InChI=1S/C57H101N2O8/c1-5-9-13-17-20-21-22-23-24-27-33-50-45-51(48-65-54(60)36-35-53(34-28-16-12-8-4)67-57(62)58-39-42-59-40-29-30-41-59)47-52(46-50)49-66-55(61)37-38-56(63-43-31-25-18-14-10-6-2)64-44-32-26-19-15-11-7-3/h13,45-47,53,56H,5-12,14-44,48-49H2,1-4H3,(H,58,62). The Morgan fingerprint density at radius 2 is 1.07 bits per heavy atom. The third-order valence-corrected chi connectivity index (χ3v) is 12.9. The SMILES string of the molecule is CCC[CH]CCCCCCCCc1cc(COC(=O)CCC(CCCCCC)OC(=O)NCCN2CCCC2)cc(COC(=O)CCC(OCCCCCCCC)OCCCCCCCC)c1. The van der Waals surface area contributed by atoms with E-state index in [0.29, 0.717) is 32.6 Å². The second kappa shape index (κ2) is 43.3. The van der Waals surface area contributed by atoms with Crippen LogP contribution in [0.15, 0.2) is 18.2 Å². The number of hydrogen-bond acceptors (Lipinski definition) is 9. The number of hydrogen-bond donors (Lipinski definition) is 1. The van der Waals surface area contributed by atoms with Gasteiger partial charge in [0.2, 0.25) is 0 Å². The molecule has 1 fully saturated rings. The fourth-order valence-corrected chi connectivity index (χ4v) is 8.80. The van der Waals surface area contributed by atoms with Crippen LogP contribution in [0.25, 0.3) is 0 Å². The number of esters is 2. The first-order chi connectivity index (χ1) is 32.9. The van der Waals surface area contributed by atoms with Crippen molar-refractivity contribution in [2.45, 2.75) is 265 Å². The lowest BCUT2D eigenvalue weighted by atomic mass is 10.00. The smallest absolute Gasteiger partial charge is 0.407 e. The van der Waals surface area contributed by atoms with E-state index in [1.54, 1.807) is 0 Å². The number of carbonyl (C=O) groups excluding carboxylic acids is 3. The van der Waals surface area contributed by atoms with Crippen LogP contribution in [-0.4, -0.2) is 74.7 Å². The van der Waals surface area contributed by atoms with Gasteiger partial charge in [-0.3, -0.25) is 9.59 Å². The zero-order chi connectivity index (χ0) is 48.3. The number of rotatable bonds is 46. The van der Waals surface area contributed by atoms with E-state index < -0.39 is 12.4 Å². The van der Waals surface area contributed by atoms with Gasteiger partial charge in [-0.25, -0.2) is 4.79 Å². The lowest BCUT2D eigenvalue weighted by molar-refractivity contribution is -0.160. The van der Waals surface area contributed by atoms with Crippen molar-refractivity contribution in [1.29, 1.82) is 0 Å². The molecule has 1 atom stereocenters. The van der Waals surface area contributed by atoms with Crippen molar-refractivity contribution in [3.8, 4) is 0 Å². The molecule has 1 radical (unpaired) electrons. The van der Waals surface area contributed by atoms with E-state index >= 15 is 0 Å². The van der Waals surface area contributed by atoms with Gasteiger partial charge in [-0.05, 0) is 100 Å². The van der Waals surface area contributed by atoms with Crippen molar-refractivity contribution in [3.05, 3.63) is 41.3 Å². The van der Waals surface area contributed by atoms with E-state index in [1.165, 1.54) is 116 Å². The minimum atomic E-state index is -0.410. The van der Waals surface area contributed by atoms with E-state index in [9.17, 15) is 14.4 Å². The van der Waals surface area contributed by atoms with E-state index in [-0.39, 0.29) is 44.1 Å². The maximum Gasteiger partial charge on any atom is 0.407 e. The summed E-state index contributed by atoms with van der Waals surface area (Å²) in [5, 5.41) is 2.92. The number of carbonyl (C=O) groups is 3. The van der Waals surface area contributed by atoms with Crippen LogP contribution in [0.5, 0.6) is 0 Å². The summed E-state index contributed by atoms with van der Waals surface area (Å²) in [6.07, 6.45) is 36.2. The number of benzene rings is 1. The quantitative estimate of drug-likeness (QED) is 0.0295. The normalized spacial score (nSPS) is 13.3. The summed E-state index contributed by atoms with van der Waals surface area (Å²) in [5.74, 6) is -0.581. The van der Waals surface area contributed by atoms with Crippen molar-refractivity contribution >= 4 is 18.0 Å². The van der Waals surface area contributed by atoms with Gasteiger partial charge < -0.3 is 33.9 Å². The topological polar surface area (TPSA) is 113 Å². The Balaban J connectivity index is 1.97. The fraction of sp³-hybridized carbons (Fsp3) is 0.825. The molecular weight excluding hydrogens is 841 g/mol. The van der Waals surface area contributed by atoms with Gasteiger partial charge in [0.25, 0.3) is 0 Å². The molecule has 1 heterocycles. The van der Waals surface area contributed by atoms with E-state index in [4.69, 9.17) is 23.7 Å². The van der Waals surface area contributed by atoms with Crippen LogP contribution < -0.4 is 5.32 Å². The average molecular weight is 942 g/mol. The van der Waals surface area contributed by atoms with Gasteiger partial charge in [-0.15, -0.1) is 0 Å². The first kappa shape index (κ1) is 60.4. The molecule has 10 heteroatoms. The van der Waals surface area contributed by atoms with Gasteiger partial charge in [0, 0.05) is 39.1 Å². The predicted molar refractivity (Wildman–Crippen MR) is 275 cm³/mol. The van der Waals surface area contributed by atoms with Crippen molar-refractivity contribution < 1.29 is 38.1 Å². The maximum absolute atomic E-state index is 13.2. The van der Waals surface area contributed by atoms with Gasteiger partial charge >= 0.3 is 18.0 Å². The van der Waals surface area contributed by atoms with E-state index in [2.05, 4.69) is 56.5 Å². The lowest BCUT2D eigenvalue weighted by Gasteiger charge is -2.19. The third-order valence-electron chi connectivity index (χ3n) is 12.9. The molecule has 0 aromatic heterocycles. The summed E-state index contributed by atoms with van der Waals surface area (Å²) >= 11 is 0. The molecule has 1 amide bonds. The molecule has 0 bridgehead atoms. The van der Waals surface area contributed by atoms with Crippen molar-refractivity contribution in [1.82, 2.24) is 10.2 Å². The Labute approximate surface area is 410 Å². The number of aryl methyl sites for hydroxylation is 1. The van der Waals surface area contributed by atoms with Gasteiger partial charge in [-0.1, -0.05) is 175 Å². The number of likely N-dealkylation sites (tertiary alicyclic amines) is 1. The van der Waals surface area contributed by atoms with Crippen LogP contribution >= 0.6 is 0 Å². The predicted octanol–water partition coefficient (Wildman–Crippen LogP) is 14.9. The Morgan fingerprint density at radius 3 is 1.66 bits per heavy atom. The fourth-order valence-electron chi connectivity index (χ4n) is 8.80. The van der Waals surface area contributed by atoms with Gasteiger partial charge in [-0.2, -0.15) is 0 Å². The van der Waals surface area contributed by atoms with Gasteiger partial charge in [0.15, 0.2) is 6.29 Å². The number of ether oxygens (including phenoxy) is 5. The minimum Gasteiger partial charge on any atom is -0.461 e. The molecule has 10 nitrogen and oxygen atoms in total. The van der Waals surface area contributed by atoms with E-state index in [0.717, 1.165) is 107 Å². The van der Waals surface area contributed by atoms with Crippen LogP contribution in [0.2, 0.25) is 0 Å². The summed E-state index contributed by atoms with van der Waals surface area (Å²) in [5.41, 5.74) is 2.94. The Kier molecular flexibility index (Phi) is 39.1. The third kappa shape index (κ3) is 35.1. The number of nitrogens with one attached hydrogen (secondary N) is 1. The molecule has 2 rings (SSSR count). The molecule has 1 saturated heterocycles. The Morgan fingerprint density at radius 1 is 0.567 bits per heavy atom. The summed E-state index contributed by atoms with van der Waals surface area (Å²) < 4.78 is 29.9. The van der Waals surface area contributed by atoms with Crippen LogP contribution in [0, 0.1) is 6.42 Å². The number of alkyl carbamates (subject to hydrolysis) is 1. The summed E-state index contributed by atoms with van der Waals surface area (Å²) in [4.78, 5) is 41.5. The van der Waals surface area contributed by atoms with Crippen molar-refractivity contribution in [2.75, 3.05) is 39.4 Å². The van der Waals surface area contributed by atoms with Gasteiger partial charge in [0.05, 0.1) is 6.42 Å². The Hall–Kier alpha value is -2.69. The number of unbranched alkanes of at least 4 members (excludes halogenated alkanes) is 22. The van der Waals surface area contributed by atoms with Crippen LogP contribution in [0.1, 0.15) is 250 Å². The molecule has 1 aromatic carbocycles. The van der Waals surface area contributed by atoms with Crippen LogP contribution in [0.3, 0.4) is 0 Å². The first-order valence-corrected chi connectivity index (χ1v) is 28.0.